The lowest BCUT2D eigenvalue weighted by atomic mass is 10.1. The van der Waals surface area contributed by atoms with E-state index >= 15 is 0 Å². The molecule has 0 saturated heterocycles. The highest BCUT2D eigenvalue weighted by Gasteiger charge is 2.17. The summed E-state index contributed by atoms with van der Waals surface area (Å²) in [5, 5.41) is 0. The Labute approximate surface area is 238 Å². The number of ether oxygens (including phenoxy) is 4. The van der Waals surface area contributed by atoms with Crippen LogP contribution in [0.2, 0.25) is 0 Å². The predicted octanol–water partition coefficient (Wildman–Crippen LogP) is 8.82. The maximum absolute atomic E-state index is 12.9. The highest BCUT2D eigenvalue weighted by atomic mass is 16.5. The van der Waals surface area contributed by atoms with E-state index in [2.05, 4.69) is 13.8 Å². The molecule has 0 aromatic heterocycles. The SMILES string of the molecule is CCCCCCCOc1ccccc1C(=O)Oc1ccc(OC(=O)c2ccccc2OCCCCCCC)cc1. The minimum atomic E-state index is -0.507. The summed E-state index contributed by atoms with van der Waals surface area (Å²) in [5.74, 6) is 0.682. The minimum absolute atomic E-state index is 0.339. The molecule has 0 aliphatic carbocycles. The topological polar surface area (TPSA) is 71.1 Å². The van der Waals surface area contributed by atoms with Gasteiger partial charge < -0.3 is 18.9 Å². The van der Waals surface area contributed by atoms with Crippen molar-refractivity contribution >= 4 is 11.9 Å². The number of hydrogen-bond acceptors (Lipinski definition) is 6. The van der Waals surface area contributed by atoms with Gasteiger partial charge in [0.15, 0.2) is 0 Å². The monoisotopic (exact) mass is 546 g/mol. The van der Waals surface area contributed by atoms with Crippen LogP contribution in [0.4, 0.5) is 0 Å². The highest BCUT2D eigenvalue weighted by molar-refractivity contribution is 5.94. The van der Waals surface area contributed by atoms with Crippen LogP contribution in [0.5, 0.6) is 23.0 Å². The molecule has 3 aromatic rings. The van der Waals surface area contributed by atoms with Crippen LogP contribution in [-0.2, 0) is 0 Å². The molecule has 0 amide bonds. The molecule has 214 valence electrons. The van der Waals surface area contributed by atoms with Crippen LogP contribution in [0, 0.1) is 0 Å². The lowest BCUT2D eigenvalue weighted by Crippen LogP contribution is -2.12. The van der Waals surface area contributed by atoms with Crippen molar-refractivity contribution in [3.63, 3.8) is 0 Å². The fourth-order valence-electron chi connectivity index (χ4n) is 4.20. The van der Waals surface area contributed by atoms with Crippen molar-refractivity contribution in [2.75, 3.05) is 13.2 Å². The van der Waals surface area contributed by atoms with Crippen LogP contribution in [0.25, 0.3) is 0 Å². The third kappa shape index (κ3) is 10.4. The van der Waals surface area contributed by atoms with Crippen molar-refractivity contribution in [2.45, 2.75) is 78.1 Å². The van der Waals surface area contributed by atoms with E-state index in [0.29, 0.717) is 47.3 Å². The zero-order valence-electron chi connectivity index (χ0n) is 23.9. The smallest absolute Gasteiger partial charge is 0.347 e. The molecule has 0 radical (unpaired) electrons. The van der Waals surface area contributed by atoms with Crippen LogP contribution in [0.15, 0.2) is 72.8 Å². The first kappa shape index (κ1) is 30.7. The third-order valence-electron chi connectivity index (χ3n) is 6.47. The number of hydrogen-bond donors (Lipinski definition) is 0. The Morgan fingerprint density at radius 2 is 0.875 bits per heavy atom. The van der Waals surface area contributed by atoms with Gasteiger partial charge in [0.25, 0.3) is 0 Å². The van der Waals surface area contributed by atoms with E-state index in [1.807, 2.05) is 12.1 Å². The summed E-state index contributed by atoms with van der Waals surface area (Å²) in [6.07, 6.45) is 11.3. The average molecular weight is 547 g/mol. The molecule has 0 unspecified atom stereocenters. The van der Waals surface area contributed by atoms with Crippen molar-refractivity contribution in [1.29, 1.82) is 0 Å². The molecular weight excluding hydrogens is 504 g/mol. The summed E-state index contributed by atoms with van der Waals surface area (Å²) in [7, 11) is 0. The second-order valence-corrected chi connectivity index (χ2v) is 9.77. The van der Waals surface area contributed by atoms with Crippen LogP contribution >= 0.6 is 0 Å². The first-order chi connectivity index (χ1) is 19.6. The maximum Gasteiger partial charge on any atom is 0.347 e. The van der Waals surface area contributed by atoms with E-state index in [1.54, 1.807) is 60.7 Å². The zero-order chi connectivity index (χ0) is 28.4. The molecule has 3 rings (SSSR count). The number of para-hydroxylation sites is 2. The molecule has 0 saturated carbocycles. The normalized spacial score (nSPS) is 10.7. The summed E-state index contributed by atoms with van der Waals surface area (Å²) in [4.78, 5) is 25.7. The fourth-order valence-corrected chi connectivity index (χ4v) is 4.20. The lowest BCUT2D eigenvalue weighted by molar-refractivity contribution is 0.0714. The van der Waals surface area contributed by atoms with E-state index in [9.17, 15) is 9.59 Å². The van der Waals surface area contributed by atoms with E-state index in [1.165, 1.54) is 38.5 Å². The average Bonchev–Trinajstić information content (AvgIpc) is 2.98. The Hall–Kier alpha value is -3.80. The van der Waals surface area contributed by atoms with Crippen molar-refractivity contribution in [3.8, 4) is 23.0 Å². The van der Waals surface area contributed by atoms with Gasteiger partial charge in [-0.25, -0.2) is 9.59 Å². The molecule has 0 aliphatic rings. The Kier molecular flexibility index (Phi) is 13.6. The van der Waals surface area contributed by atoms with E-state index in [-0.39, 0.29) is 0 Å². The van der Waals surface area contributed by atoms with Gasteiger partial charge in [-0.05, 0) is 61.4 Å². The first-order valence-corrected chi connectivity index (χ1v) is 14.6. The molecule has 0 N–H and O–H groups in total. The van der Waals surface area contributed by atoms with Gasteiger partial charge in [-0.15, -0.1) is 0 Å². The minimum Gasteiger partial charge on any atom is -0.493 e. The molecule has 40 heavy (non-hydrogen) atoms. The number of esters is 2. The molecule has 0 spiro atoms. The van der Waals surface area contributed by atoms with Crippen LogP contribution in [-0.4, -0.2) is 25.2 Å². The van der Waals surface area contributed by atoms with E-state index in [0.717, 1.165) is 25.7 Å². The van der Waals surface area contributed by atoms with Gasteiger partial charge in [-0.2, -0.15) is 0 Å². The summed E-state index contributed by atoms with van der Waals surface area (Å²) in [6.45, 7) is 5.49. The third-order valence-corrected chi connectivity index (χ3v) is 6.47. The molecule has 6 nitrogen and oxygen atoms in total. The molecule has 0 heterocycles. The molecule has 6 heteroatoms. The van der Waals surface area contributed by atoms with Gasteiger partial charge in [-0.1, -0.05) is 89.5 Å². The Bertz CT molecular complexity index is 1080. The fraction of sp³-hybridized carbons (Fsp3) is 0.412. The maximum atomic E-state index is 12.9. The van der Waals surface area contributed by atoms with Crippen molar-refractivity contribution in [1.82, 2.24) is 0 Å². The summed E-state index contributed by atoms with van der Waals surface area (Å²) >= 11 is 0. The van der Waals surface area contributed by atoms with Crippen molar-refractivity contribution < 1.29 is 28.5 Å². The number of unbranched alkanes of at least 4 members (excludes halogenated alkanes) is 8. The summed E-state index contributed by atoms with van der Waals surface area (Å²) in [6, 6.07) is 20.5. The zero-order valence-corrected chi connectivity index (χ0v) is 23.9. The second kappa shape index (κ2) is 17.7. The Morgan fingerprint density at radius 3 is 1.27 bits per heavy atom. The van der Waals surface area contributed by atoms with Crippen LogP contribution in [0.3, 0.4) is 0 Å². The predicted molar refractivity (Wildman–Crippen MR) is 158 cm³/mol. The molecule has 0 aliphatic heterocycles. The highest BCUT2D eigenvalue weighted by Crippen LogP contribution is 2.25. The van der Waals surface area contributed by atoms with Gasteiger partial charge >= 0.3 is 11.9 Å². The van der Waals surface area contributed by atoms with E-state index < -0.39 is 11.9 Å². The van der Waals surface area contributed by atoms with Crippen molar-refractivity contribution in [2.24, 2.45) is 0 Å². The largest absolute Gasteiger partial charge is 0.493 e. The number of benzene rings is 3. The van der Waals surface area contributed by atoms with Gasteiger partial charge in [0.05, 0.1) is 13.2 Å². The second-order valence-electron chi connectivity index (χ2n) is 9.77. The molecule has 0 fully saturated rings. The van der Waals surface area contributed by atoms with Crippen LogP contribution < -0.4 is 18.9 Å². The Balaban J connectivity index is 1.52. The molecule has 0 atom stereocenters. The lowest BCUT2D eigenvalue weighted by Gasteiger charge is -2.12. The first-order valence-electron chi connectivity index (χ1n) is 14.6. The van der Waals surface area contributed by atoms with Gasteiger partial charge in [0, 0.05) is 0 Å². The van der Waals surface area contributed by atoms with Gasteiger partial charge in [-0.3, -0.25) is 0 Å². The number of rotatable bonds is 18. The summed E-state index contributed by atoms with van der Waals surface area (Å²) < 4.78 is 22.9. The number of carbonyl (C=O) groups is 2. The van der Waals surface area contributed by atoms with Crippen LogP contribution in [0.1, 0.15) is 98.8 Å². The molecule has 0 bridgehead atoms. The summed E-state index contributed by atoms with van der Waals surface area (Å²) in [5.41, 5.74) is 0.738. The molecule has 3 aromatic carbocycles. The van der Waals surface area contributed by atoms with Crippen molar-refractivity contribution in [3.05, 3.63) is 83.9 Å². The van der Waals surface area contributed by atoms with E-state index in [4.69, 9.17) is 18.9 Å². The molecular formula is C34H42O6. The van der Waals surface area contributed by atoms with Gasteiger partial charge in [0.1, 0.15) is 34.1 Å². The quantitative estimate of drug-likeness (QED) is 0.0902. The standard InChI is InChI=1S/C34H42O6/c1-3-5-7-9-15-25-37-31-19-13-11-17-29(31)33(35)39-27-21-23-28(24-22-27)40-34(36)30-18-12-14-20-32(30)38-26-16-10-8-6-4-2/h11-14,17-24H,3-10,15-16,25-26H2,1-2H3. The van der Waals surface area contributed by atoms with Gasteiger partial charge in [0.2, 0.25) is 0 Å². The number of carbonyl (C=O) groups excluding carboxylic acids is 2. The Morgan fingerprint density at radius 1 is 0.500 bits per heavy atom.